The zero-order valence-corrected chi connectivity index (χ0v) is 8.96. The molecule has 2 aliphatic heterocycles. The Morgan fingerprint density at radius 1 is 0.933 bits per heavy atom. The van der Waals surface area contributed by atoms with Gasteiger partial charge in [-0.25, -0.2) is 4.79 Å². The normalized spacial score (nSPS) is 38.8. The predicted molar refractivity (Wildman–Crippen MR) is 57.7 cm³/mol. The quantitative estimate of drug-likeness (QED) is 0.628. The van der Waals surface area contributed by atoms with Gasteiger partial charge in [-0.05, 0) is 38.5 Å². The largest absolute Gasteiger partial charge is 0.335 e. The molecule has 3 fully saturated rings. The van der Waals surface area contributed by atoms with Crippen LogP contribution in [0.3, 0.4) is 0 Å². The highest BCUT2D eigenvalue weighted by atomic mass is 16.2. The molecule has 2 unspecified atom stereocenters. The summed E-state index contributed by atoms with van der Waals surface area (Å²) < 4.78 is 0. The molecule has 0 aromatic heterocycles. The predicted octanol–water partition coefficient (Wildman–Crippen LogP) is 0.731. The minimum Gasteiger partial charge on any atom is -0.335 e. The lowest BCUT2D eigenvalue weighted by atomic mass is 10.0. The number of hydrogen-bond acceptors (Lipinski definition) is 2. The summed E-state index contributed by atoms with van der Waals surface area (Å²) in [5.74, 6) is 0. The van der Waals surface area contributed by atoms with Gasteiger partial charge in [0.15, 0.2) is 0 Å². The van der Waals surface area contributed by atoms with E-state index in [9.17, 15) is 4.79 Å². The number of amides is 2. The molecular formula is C11H19N3O. The maximum Gasteiger partial charge on any atom is 0.315 e. The van der Waals surface area contributed by atoms with Crippen molar-refractivity contribution in [3.63, 3.8) is 0 Å². The Kier molecular flexibility index (Phi) is 2.31. The molecule has 2 bridgehead atoms. The van der Waals surface area contributed by atoms with Gasteiger partial charge in [0.1, 0.15) is 0 Å². The Morgan fingerprint density at radius 2 is 1.53 bits per heavy atom. The topological polar surface area (TPSA) is 53.2 Å². The van der Waals surface area contributed by atoms with Crippen molar-refractivity contribution in [3.05, 3.63) is 0 Å². The number of urea groups is 1. The lowest BCUT2D eigenvalue weighted by molar-refractivity contribution is 0.229. The molecule has 4 heteroatoms. The molecule has 2 atom stereocenters. The van der Waals surface area contributed by atoms with Crippen molar-refractivity contribution in [1.82, 2.24) is 16.0 Å². The van der Waals surface area contributed by atoms with Crippen LogP contribution in [0.1, 0.15) is 38.5 Å². The Balaban J connectivity index is 1.48. The van der Waals surface area contributed by atoms with Gasteiger partial charge in [-0.1, -0.05) is 0 Å². The van der Waals surface area contributed by atoms with Crippen molar-refractivity contribution in [2.75, 3.05) is 0 Å². The molecule has 84 valence electrons. The molecule has 2 saturated heterocycles. The summed E-state index contributed by atoms with van der Waals surface area (Å²) in [7, 11) is 0. The molecule has 2 amide bonds. The van der Waals surface area contributed by atoms with Crippen molar-refractivity contribution in [2.45, 2.75) is 62.7 Å². The third-order valence-corrected chi connectivity index (χ3v) is 3.72. The first-order chi connectivity index (χ1) is 7.29. The molecule has 0 aromatic rings. The summed E-state index contributed by atoms with van der Waals surface area (Å²) >= 11 is 0. The molecule has 1 saturated carbocycles. The van der Waals surface area contributed by atoms with Gasteiger partial charge in [0.25, 0.3) is 0 Å². The first-order valence-electron chi connectivity index (χ1n) is 6.12. The number of piperidine rings is 1. The van der Waals surface area contributed by atoms with E-state index >= 15 is 0 Å². The molecule has 1 aliphatic carbocycles. The fraction of sp³-hybridized carbons (Fsp3) is 0.909. The number of fused-ring (bicyclic) bond motifs is 2. The summed E-state index contributed by atoms with van der Waals surface area (Å²) in [6.07, 6.45) is 7.10. The average Bonchev–Trinajstić information content (AvgIpc) is 2.92. The summed E-state index contributed by atoms with van der Waals surface area (Å²) in [5.41, 5.74) is 0. The minimum absolute atomic E-state index is 0.0452. The highest BCUT2D eigenvalue weighted by molar-refractivity contribution is 5.74. The van der Waals surface area contributed by atoms with Gasteiger partial charge < -0.3 is 16.0 Å². The smallest absolute Gasteiger partial charge is 0.315 e. The second-order valence-electron chi connectivity index (χ2n) is 5.20. The Morgan fingerprint density at radius 3 is 2.13 bits per heavy atom. The van der Waals surface area contributed by atoms with E-state index in [1.54, 1.807) is 0 Å². The molecular weight excluding hydrogens is 190 g/mol. The van der Waals surface area contributed by atoms with Crippen molar-refractivity contribution < 1.29 is 4.79 Å². The average molecular weight is 209 g/mol. The molecule has 15 heavy (non-hydrogen) atoms. The van der Waals surface area contributed by atoms with Crippen LogP contribution in [0.25, 0.3) is 0 Å². The van der Waals surface area contributed by atoms with Crippen LogP contribution >= 0.6 is 0 Å². The maximum atomic E-state index is 11.6. The molecule has 0 spiro atoms. The van der Waals surface area contributed by atoms with E-state index in [1.807, 2.05) is 0 Å². The summed E-state index contributed by atoms with van der Waals surface area (Å²) in [6.45, 7) is 0. The van der Waals surface area contributed by atoms with E-state index in [4.69, 9.17) is 0 Å². The Bertz CT molecular complexity index is 253. The van der Waals surface area contributed by atoms with Crippen LogP contribution in [0.4, 0.5) is 4.79 Å². The molecule has 4 nitrogen and oxygen atoms in total. The Hall–Kier alpha value is -0.770. The van der Waals surface area contributed by atoms with Crippen LogP contribution < -0.4 is 16.0 Å². The second-order valence-corrected chi connectivity index (χ2v) is 5.20. The van der Waals surface area contributed by atoms with Crippen LogP contribution in [-0.2, 0) is 0 Å². The molecule has 3 aliphatic rings. The first kappa shape index (κ1) is 9.46. The van der Waals surface area contributed by atoms with Gasteiger partial charge >= 0.3 is 6.03 Å². The van der Waals surface area contributed by atoms with Gasteiger partial charge in [0, 0.05) is 24.2 Å². The number of carbonyl (C=O) groups excluding carboxylic acids is 1. The fourth-order valence-electron chi connectivity index (χ4n) is 2.82. The minimum atomic E-state index is 0.0452. The fourth-order valence-corrected chi connectivity index (χ4v) is 2.82. The van der Waals surface area contributed by atoms with E-state index in [0.717, 1.165) is 25.7 Å². The highest BCUT2D eigenvalue weighted by Gasteiger charge is 2.34. The van der Waals surface area contributed by atoms with E-state index in [-0.39, 0.29) is 6.03 Å². The maximum absolute atomic E-state index is 11.6. The number of nitrogens with one attached hydrogen (secondary N) is 3. The van der Waals surface area contributed by atoms with Crippen molar-refractivity contribution in [3.8, 4) is 0 Å². The lowest BCUT2D eigenvalue weighted by Crippen LogP contribution is -2.50. The molecule has 3 N–H and O–H groups in total. The summed E-state index contributed by atoms with van der Waals surface area (Å²) in [5, 5.41) is 9.66. The van der Waals surface area contributed by atoms with E-state index < -0.39 is 0 Å². The van der Waals surface area contributed by atoms with Gasteiger partial charge in [0.05, 0.1) is 0 Å². The molecule has 0 radical (unpaired) electrons. The van der Waals surface area contributed by atoms with Crippen molar-refractivity contribution in [1.29, 1.82) is 0 Å². The Labute approximate surface area is 90.2 Å². The van der Waals surface area contributed by atoms with E-state index in [0.29, 0.717) is 24.2 Å². The second kappa shape index (κ2) is 3.67. The molecule has 3 rings (SSSR count). The number of carbonyl (C=O) groups is 1. The third kappa shape index (κ3) is 2.25. The highest BCUT2D eigenvalue weighted by Crippen LogP contribution is 2.26. The van der Waals surface area contributed by atoms with Crippen LogP contribution in [0.15, 0.2) is 0 Å². The number of hydrogen-bond donors (Lipinski definition) is 3. The van der Waals surface area contributed by atoms with Gasteiger partial charge in [-0.15, -0.1) is 0 Å². The van der Waals surface area contributed by atoms with Crippen molar-refractivity contribution in [2.24, 2.45) is 0 Å². The first-order valence-corrected chi connectivity index (χ1v) is 6.12. The molecule has 2 heterocycles. The van der Waals surface area contributed by atoms with E-state index in [1.165, 1.54) is 12.8 Å². The van der Waals surface area contributed by atoms with Crippen LogP contribution in [0.5, 0.6) is 0 Å². The van der Waals surface area contributed by atoms with Gasteiger partial charge in [0.2, 0.25) is 0 Å². The van der Waals surface area contributed by atoms with Crippen LogP contribution in [0, 0.1) is 0 Å². The summed E-state index contributed by atoms with van der Waals surface area (Å²) in [6, 6.07) is 2.19. The van der Waals surface area contributed by atoms with Crippen LogP contribution in [0.2, 0.25) is 0 Å². The standard InChI is InChI=1S/C11H19N3O/c15-11(13-7-1-2-7)14-10-5-8-3-4-9(6-10)12-8/h7-10,12H,1-6H2,(H2,13,14,15). The zero-order valence-electron chi connectivity index (χ0n) is 8.96. The monoisotopic (exact) mass is 209 g/mol. The zero-order chi connectivity index (χ0) is 10.3. The lowest BCUT2D eigenvalue weighted by Gasteiger charge is -2.29. The number of rotatable bonds is 2. The van der Waals surface area contributed by atoms with Crippen LogP contribution in [-0.4, -0.2) is 30.2 Å². The summed E-state index contributed by atoms with van der Waals surface area (Å²) in [4.78, 5) is 11.6. The van der Waals surface area contributed by atoms with Gasteiger partial charge in [-0.2, -0.15) is 0 Å². The third-order valence-electron chi connectivity index (χ3n) is 3.72. The SMILES string of the molecule is O=C(NC1CC1)NC1CC2CCC(C1)N2. The van der Waals surface area contributed by atoms with Crippen molar-refractivity contribution >= 4 is 6.03 Å². The van der Waals surface area contributed by atoms with Gasteiger partial charge in [-0.3, -0.25) is 0 Å². The molecule has 0 aromatic carbocycles. The van der Waals surface area contributed by atoms with E-state index in [2.05, 4.69) is 16.0 Å².